The first-order valence-corrected chi connectivity index (χ1v) is 3.58. The van der Waals surface area contributed by atoms with Crippen LogP contribution in [0.4, 0.5) is 0 Å². The van der Waals surface area contributed by atoms with Crippen LogP contribution < -0.4 is 0 Å². The van der Waals surface area contributed by atoms with Gasteiger partial charge in [0.1, 0.15) is 5.69 Å². The minimum Gasteiger partial charge on any atom is -0.477 e. The van der Waals surface area contributed by atoms with Crippen LogP contribution in [0.2, 0.25) is 0 Å². The molecule has 0 aliphatic rings. The van der Waals surface area contributed by atoms with Gasteiger partial charge in [0.15, 0.2) is 0 Å². The van der Waals surface area contributed by atoms with Crippen molar-refractivity contribution in [2.45, 2.75) is 0 Å². The van der Waals surface area contributed by atoms with Crippen molar-refractivity contribution < 1.29 is 27.0 Å². The Bertz CT molecular complexity index is 403. The Kier molecular flexibility index (Phi) is 2.76. The van der Waals surface area contributed by atoms with Gasteiger partial charge in [-0.1, -0.05) is 18.2 Å². The number of benzene rings is 1. The second-order valence-electron chi connectivity index (χ2n) is 2.58. The predicted molar refractivity (Wildman–Crippen MR) is 45.3 cm³/mol. The third-order valence-corrected chi connectivity index (χ3v) is 1.76. The minimum absolute atomic E-state index is 0. The first kappa shape index (κ1) is 9.83. The van der Waals surface area contributed by atoms with Crippen molar-refractivity contribution in [2.24, 2.45) is 0 Å². The zero-order valence-corrected chi connectivity index (χ0v) is 7.70. The number of hydrogen-bond donors (Lipinski definition) is 2. The van der Waals surface area contributed by atoms with E-state index in [0.717, 1.165) is 10.9 Å². The molecule has 13 heavy (non-hydrogen) atoms. The maximum atomic E-state index is 10.5. The summed E-state index contributed by atoms with van der Waals surface area (Å²) in [4.78, 5) is 13.3. The Hall–Kier alpha value is -1.25. The third kappa shape index (κ3) is 1.74. The van der Waals surface area contributed by atoms with Crippen LogP contribution >= 0.6 is 0 Å². The van der Waals surface area contributed by atoms with Gasteiger partial charge in [-0.2, -0.15) is 0 Å². The zero-order valence-electron chi connectivity index (χ0n) is 6.60. The molecular weight excluding hydrogens is 210 g/mol. The summed E-state index contributed by atoms with van der Waals surface area (Å²) in [7, 11) is 0. The minimum atomic E-state index is -0.925. The Morgan fingerprint density at radius 3 is 2.62 bits per heavy atom. The van der Waals surface area contributed by atoms with Crippen molar-refractivity contribution in [2.75, 3.05) is 0 Å². The van der Waals surface area contributed by atoms with Gasteiger partial charge >= 0.3 is 5.97 Å². The fourth-order valence-corrected chi connectivity index (χ4v) is 1.19. The quantitative estimate of drug-likeness (QED) is 0.716. The van der Waals surface area contributed by atoms with E-state index in [1.807, 2.05) is 24.3 Å². The molecule has 0 aliphatic carbocycles. The monoisotopic (exact) mass is 217 g/mol. The normalized spacial score (nSPS) is 9.54. The number of carbonyl (C=O) groups is 1. The summed E-state index contributed by atoms with van der Waals surface area (Å²) in [6.45, 7) is 0. The van der Waals surface area contributed by atoms with Gasteiger partial charge in [-0.15, -0.1) is 0 Å². The molecule has 1 aromatic heterocycles. The molecule has 0 unspecified atom stereocenters. The van der Waals surface area contributed by atoms with Gasteiger partial charge in [-0.3, -0.25) is 0 Å². The Balaban J connectivity index is 0.000000845. The van der Waals surface area contributed by atoms with Crippen molar-refractivity contribution in [3.8, 4) is 0 Å². The van der Waals surface area contributed by atoms with Crippen LogP contribution in [0.5, 0.6) is 0 Å². The molecular formula is C9H7FeNO2. The van der Waals surface area contributed by atoms with E-state index in [9.17, 15) is 4.79 Å². The number of rotatable bonds is 1. The number of carboxylic acids is 1. The second-order valence-corrected chi connectivity index (χ2v) is 2.58. The Labute approximate surface area is 85.2 Å². The molecule has 2 N–H and O–H groups in total. The van der Waals surface area contributed by atoms with Crippen LogP contribution in [-0.2, 0) is 17.1 Å². The smallest absolute Gasteiger partial charge is 0.352 e. The van der Waals surface area contributed by atoms with Crippen LogP contribution in [0.25, 0.3) is 10.9 Å². The summed E-state index contributed by atoms with van der Waals surface area (Å²) in [6.07, 6.45) is 0. The van der Waals surface area contributed by atoms with E-state index in [2.05, 4.69) is 4.98 Å². The summed E-state index contributed by atoms with van der Waals surface area (Å²) < 4.78 is 0. The molecule has 1 heterocycles. The van der Waals surface area contributed by atoms with Gasteiger partial charge in [-0.25, -0.2) is 4.79 Å². The number of H-pyrrole nitrogens is 1. The van der Waals surface area contributed by atoms with Gasteiger partial charge in [0.25, 0.3) is 0 Å². The summed E-state index contributed by atoms with van der Waals surface area (Å²) in [5.41, 5.74) is 1.09. The first-order chi connectivity index (χ1) is 5.77. The average Bonchev–Trinajstić information content (AvgIpc) is 2.46. The van der Waals surface area contributed by atoms with Gasteiger partial charge in [-0.05, 0) is 12.1 Å². The van der Waals surface area contributed by atoms with Crippen LogP contribution in [-0.4, -0.2) is 16.1 Å². The van der Waals surface area contributed by atoms with E-state index in [4.69, 9.17) is 5.11 Å². The summed E-state index contributed by atoms with van der Waals surface area (Å²) in [6, 6.07) is 9.09. The van der Waals surface area contributed by atoms with E-state index in [1.165, 1.54) is 0 Å². The molecule has 68 valence electrons. The molecule has 0 saturated carbocycles. The van der Waals surface area contributed by atoms with Crippen molar-refractivity contribution in [1.82, 2.24) is 4.98 Å². The van der Waals surface area contributed by atoms with Gasteiger partial charge in [0.05, 0.1) is 0 Å². The second kappa shape index (κ2) is 3.64. The van der Waals surface area contributed by atoms with Crippen molar-refractivity contribution >= 4 is 16.9 Å². The van der Waals surface area contributed by atoms with Crippen molar-refractivity contribution in [3.63, 3.8) is 0 Å². The molecule has 2 rings (SSSR count). The number of aromatic amines is 1. The summed E-state index contributed by atoms with van der Waals surface area (Å²) in [5, 5.41) is 9.58. The van der Waals surface area contributed by atoms with Crippen LogP contribution in [0, 0.1) is 0 Å². The largest absolute Gasteiger partial charge is 0.477 e. The number of fused-ring (bicyclic) bond motifs is 1. The summed E-state index contributed by atoms with van der Waals surface area (Å²) in [5.74, 6) is -0.925. The number of nitrogens with one attached hydrogen (secondary N) is 1. The molecule has 0 fully saturated rings. The molecule has 0 amide bonds. The fourth-order valence-electron chi connectivity index (χ4n) is 1.19. The van der Waals surface area contributed by atoms with Crippen LogP contribution in [0.3, 0.4) is 0 Å². The Morgan fingerprint density at radius 2 is 2.00 bits per heavy atom. The van der Waals surface area contributed by atoms with Gasteiger partial charge in [0.2, 0.25) is 0 Å². The number of para-hydroxylation sites is 1. The SMILES string of the molecule is O=C(O)c1cc2ccccc2[nH]1.[Fe]. The Morgan fingerprint density at radius 1 is 1.31 bits per heavy atom. The zero-order chi connectivity index (χ0) is 8.55. The molecule has 1 aromatic carbocycles. The standard InChI is InChI=1S/C9H7NO2.Fe/c11-9(12)8-5-6-3-1-2-4-7(6)10-8;/h1-5,10H,(H,11,12);. The number of carboxylic acid groups (broad SMARTS) is 1. The third-order valence-electron chi connectivity index (χ3n) is 1.76. The molecule has 3 nitrogen and oxygen atoms in total. The van der Waals surface area contributed by atoms with E-state index in [-0.39, 0.29) is 22.8 Å². The molecule has 0 bridgehead atoms. The van der Waals surface area contributed by atoms with E-state index >= 15 is 0 Å². The van der Waals surface area contributed by atoms with Crippen molar-refractivity contribution in [3.05, 3.63) is 36.0 Å². The van der Waals surface area contributed by atoms with E-state index < -0.39 is 5.97 Å². The van der Waals surface area contributed by atoms with Gasteiger partial charge in [0, 0.05) is 28.0 Å². The van der Waals surface area contributed by atoms with E-state index in [1.54, 1.807) is 6.07 Å². The molecule has 0 spiro atoms. The molecule has 2 aromatic rings. The predicted octanol–water partition coefficient (Wildman–Crippen LogP) is 1.86. The van der Waals surface area contributed by atoms with Crippen LogP contribution in [0.15, 0.2) is 30.3 Å². The molecule has 0 atom stereocenters. The fraction of sp³-hybridized carbons (Fsp3) is 0. The maximum absolute atomic E-state index is 10.5. The average molecular weight is 217 g/mol. The van der Waals surface area contributed by atoms with E-state index in [0.29, 0.717) is 0 Å². The molecule has 0 aliphatic heterocycles. The molecule has 0 saturated heterocycles. The van der Waals surface area contributed by atoms with Crippen molar-refractivity contribution in [1.29, 1.82) is 0 Å². The number of hydrogen-bond acceptors (Lipinski definition) is 1. The summed E-state index contributed by atoms with van der Waals surface area (Å²) >= 11 is 0. The molecule has 4 heteroatoms. The number of aromatic nitrogens is 1. The first-order valence-electron chi connectivity index (χ1n) is 3.58. The van der Waals surface area contributed by atoms with Gasteiger partial charge < -0.3 is 10.1 Å². The van der Waals surface area contributed by atoms with Crippen LogP contribution in [0.1, 0.15) is 10.5 Å². The molecule has 0 radical (unpaired) electrons. The topological polar surface area (TPSA) is 53.1 Å². The number of aromatic carboxylic acids is 1. The maximum Gasteiger partial charge on any atom is 0.352 e.